The Kier molecular flexibility index (Phi) is 5.61. The third-order valence-electron chi connectivity index (χ3n) is 2.72. The van der Waals surface area contributed by atoms with E-state index >= 15 is 0 Å². The highest BCUT2D eigenvalue weighted by Crippen LogP contribution is 2.26. The molecule has 19 heavy (non-hydrogen) atoms. The van der Waals surface area contributed by atoms with Crippen molar-refractivity contribution in [1.82, 2.24) is 9.21 Å². The molecule has 0 fully saturated rings. The van der Waals surface area contributed by atoms with E-state index in [1.807, 2.05) is 19.0 Å². The quantitative estimate of drug-likeness (QED) is 0.809. The predicted molar refractivity (Wildman–Crippen MR) is 78.9 cm³/mol. The van der Waals surface area contributed by atoms with Crippen LogP contribution in [0.2, 0.25) is 5.02 Å². The van der Waals surface area contributed by atoms with Crippen LogP contribution in [0.25, 0.3) is 0 Å². The van der Waals surface area contributed by atoms with Gasteiger partial charge in [0.15, 0.2) is 0 Å². The van der Waals surface area contributed by atoms with Crippen molar-refractivity contribution in [3.8, 4) is 0 Å². The van der Waals surface area contributed by atoms with Crippen molar-refractivity contribution >= 4 is 27.3 Å². The summed E-state index contributed by atoms with van der Waals surface area (Å²) >= 11 is 5.95. The minimum absolute atomic E-state index is 0.0933. The van der Waals surface area contributed by atoms with Gasteiger partial charge in [0.1, 0.15) is 4.90 Å². The second kappa shape index (κ2) is 6.56. The molecule has 2 N–H and O–H groups in total. The highest BCUT2D eigenvalue weighted by Gasteiger charge is 2.23. The summed E-state index contributed by atoms with van der Waals surface area (Å²) in [4.78, 5) is 2.10. The van der Waals surface area contributed by atoms with E-state index in [-0.39, 0.29) is 9.92 Å². The van der Waals surface area contributed by atoms with Gasteiger partial charge in [-0.05, 0) is 45.3 Å². The minimum atomic E-state index is -3.56. The van der Waals surface area contributed by atoms with Gasteiger partial charge in [0.05, 0.1) is 5.02 Å². The summed E-state index contributed by atoms with van der Waals surface area (Å²) in [5.41, 5.74) is 6.01. The van der Waals surface area contributed by atoms with E-state index in [1.54, 1.807) is 7.05 Å². The number of halogens is 1. The lowest BCUT2D eigenvalue weighted by molar-refractivity contribution is 0.370. The molecule has 1 aromatic rings. The highest BCUT2D eigenvalue weighted by atomic mass is 35.5. The first-order valence-corrected chi connectivity index (χ1v) is 7.73. The first kappa shape index (κ1) is 16.2. The standard InChI is InChI=1S/C12H20ClN3O2S/c1-15(2)7-4-8-16(3)19(17,18)12-6-5-10(14)9-11(12)13/h5-6,9H,4,7-8,14H2,1-3H3. The molecule has 1 aromatic carbocycles. The van der Waals surface area contributed by atoms with Crippen LogP contribution >= 0.6 is 11.6 Å². The van der Waals surface area contributed by atoms with Crippen molar-refractivity contribution in [1.29, 1.82) is 0 Å². The van der Waals surface area contributed by atoms with Gasteiger partial charge < -0.3 is 10.6 Å². The summed E-state index contributed by atoms with van der Waals surface area (Å²) in [7, 11) is 1.90. The third-order valence-corrected chi connectivity index (χ3v) is 5.06. The molecule has 0 aromatic heterocycles. The zero-order valence-corrected chi connectivity index (χ0v) is 13.0. The lowest BCUT2D eigenvalue weighted by Gasteiger charge is -2.19. The second-order valence-corrected chi connectivity index (χ2v) is 7.09. The molecule has 0 saturated heterocycles. The van der Waals surface area contributed by atoms with Gasteiger partial charge in [-0.1, -0.05) is 11.6 Å². The molecular weight excluding hydrogens is 286 g/mol. The maximum absolute atomic E-state index is 12.3. The first-order valence-electron chi connectivity index (χ1n) is 5.91. The monoisotopic (exact) mass is 305 g/mol. The van der Waals surface area contributed by atoms with Crippen LogP contribution in [-0.4, -0.2) is 51.9 Å². The number of hydrogen-bond acceptors (Lipinski definition) is 4. The van der Waals surface area contributed by atoms with E-state index < -0.39 is 10.0 Å². The number of anilines is 1. The van der Waals surface area contributed by atoms with Crippen LogP contribution in [0.15, 0.2) is 23.1 Å². The average Bonchev–Trinajstić information content (AvgIpc) is 2.27. The van der Waals surface area contributed by atoms with Crippen molar-refractivity contribution in [2.75, 3.05) is 40.0 Å². The molecule has 0 bridgehead atoms. The Morgan fingerprint density at radius 2 is 1.84 bits per heavy atom. The minimum Gasteiger partial charge on any atom is -0.399 e. The SMILES string of the molecule is CN(C)CCCN(C)S(=O)(=O)c1ccc(N)cc1Cl. The number of nitrogens with zero attached hydrogens (tertiary/aromatic N) is 2. The van der Waals surface area contributed by atoms with Gasteiger partial charge in [-0.2, -0.15) is 0 Å². The molecule has 7 heteroatoms. The van der Waals surface area contributed by atoms with Crippen LogP contribution in [0.1, 0.15) is 6.42 Å². The van der Waals surface area contributed by atoms with Crippen LogP contribution in [0.5, 0.6) is 0 Å². The molecule has 0 aliphatic heterocycles. The molecule has 0 aliphatic carbocycles. The van der Waals surface area contributed by atoms with E-state index in [2.05, 4.69) is 0 Å². The predicted octanol–water partition coefficient (Wildman–Crippen LogP) is 1.49. The fraction of sp³-hybridized carbons (Fsp3) is 0.500. The number of rotatable bonds is 6. The molecule has 0 radical (unpaired) electrons. The zero-order chi connectivity index (χ0) is 14.6. The normalized spacial score (nSPS) is 12.3. The van der Waals surface area contributed by atoms with Crippen molar-refractivity contribution in [2.45, 2.75) is 11.3 Å². The summed E-state index contributed by atoms with van der Waals surface area (Å²) in [5.74, 6) is 0. The van der Waals surface area contributed by atoms with Crippen LogP contribution in [-0.2, 0) is 10.0 Å². The number of nitrogen functional groups attached to an aromatic ring is 1. The lowest BCUT2D eigenvalue weighted by Crippen LogP contribution is -2.30. The van der Waals surface area contributed by atoms with Crippen molar-refractivity contribution in [3.63, 3.8) is 0 Å². The van der Waals surface area contributed by atoms with E-state index in [4.69, 9.17) is 17.3 Å². The van der Waals surface area contributed by atoms with Gasteiger partial charge in [-0.15, -0.1) is 0 Å². The summed E-state index contributed by atoms with van der Waals surface area (Å²) in [6.07, 6.45) is 0.759. The highest BCUT2D eigenvalue weighted by molar-refractivity contribution is 7.89. The van der Waals surface area contributed by atoms with E-state index in [1.165, 1.54) is 22.5 Å². The maximum Gasteiger partial charge on any atom is 0.244 e. The molecule has 5 nitrogen and oxygen atoms in total. The Bertz CT molecular complexity index is 532. The molecule has 108 valence electrons. The smallest absolute Gasteiger partial charge is 0.244 e. The third kappa shape index (κ3) is 4.35. The van der Waals surface area contributed by atoms with Crippen molar-refractivity contribution in [2.24, 2.45) is 0 Å². The van der Waals surface area contributed by atoms with Crippen molar-refractivity contribution < 1.29 is 8.42 Å². The van der Waals surface area contributed by atoms with Gasteiger partial charge >= 0.3 is 0 Å². The van der Waals surface area contributed by atoms with E-state index in [0.717, 1.165) is 13.0 Å². The van der Waals surface area contributed by atoms with Crippen LogP contribution in [0.4, 0.5) is 5.69 Å². The molecule has 0 unspecified atom stereocenters. The number of benzene rings is 1. The van der Waals surface area contributed by atoms with Gasteiger partial charge in [-0.3, -0.25) is 0 Å². The Morgan fingerprint density at radius 3 is 2.37 bits per heavy atom. The fourth-order valence-corrected chi connectivity index (χ4v) is 3.36. The largest absolute Gasteiger partial charge is 0.399 e. The Morgan fingerprint density at radius 1 is 1.21 bits per heavy atom. The fourth-order valence-electron chi connectivity index (χ4n) is 1.62. The number of sulfonamides is 1. The summed E-state index contributed by atoms with van der Waals surface area (Å²) in [5, 5.41) is 0.152. The molecule has 0 atom stereocenters. The molecule has 0 amide bonds. The number of nitrogens with two attached hydrogens (primary N) is 1. The van der Waals surface area contributed by atoms with Gasteiger partial charge in [0.2, 0.25) is 10.0 Å². The molecule has 0 saturated carbocycles. The first-order chi connectivity index (χ1) is 8.75. The molecule has 1 rings (SSSR count). The Labute approximate surface area is 120 Å². The summed E-state index contributed by atoms with van der Waals surface area (Å²) < 4.78 is 26.0. The van der Waals surface area contributed by atoms with Crippen molar-refractivity contribution in [3.05, 3.63) is 23.2 Å². The topological polar surface area (TPSA) is 66.6 Å². The molecule has 0 aliphatic rings. The average molecular weight is 306 g/mol. The molecule has 0 spiro atoms. The van der Waals surface area contributed by atoms with Gasteiger partial charge in [0.25, 0.3) is 0 Å². The van der Waals surface area contributed by atoms with E-state index in [9.17, 15) is 8.42 Å². The van der Waals surface area contributed by atoms with Gasteiger partial charge in [0, 0.05) is 19.3 Å². The van der Waals surface area contributed by atoms with Crippen LogP contribution in [0, 0.1) is 0 Å². The second-order valence-electron chi connectivity index (χ2n) is 4.67. The van der Waals surface area contributed by atoms with Gasteiger partial charge in [-0.25, -0.2) is 12.7 Å². The summed E-state index contributed by atoms with van der Waals surface area (Å²) in [6.45, 7) is 1.27. The lowest BCUT2D eigenvalue weighted by atomic mass is 10.3. The van der Waals surface area contributed by atoms with Crippen LogP contribution < -0.4 is 5.73 Å². The Hall–Kier alpha value is -0.820. The molecular formula is C12H20ClN3O2S. The number of hydrogen-bond donors (Lipinski definition) is 1. The summed E-state index contributed by atoms with van der Waals surface area (Å²) in [6, 6.07) is 4.42. The van der Waals surface area contributed by atoms with E-state index in [0.29, 0.717) is 12.2 Å². The molecule has 0 heterocycles. The Balaban J connectivity index is 2.85. The van der Waals surface area contributed by atoms with Crippen LogP contribution in [0.3, 0.4) is 0 Å². The maximum atomic E-state index is 12.3. The zero-order valence-electron chi connectivity index (χ0n) is 11.4.